The Morgan fingerprint density at radius 3 is 2.75 bits per heavy atom. The summed E-state index contributed by atoms with van der Waals surface area (Å²) in [6, 6.07) is 12.7. The van der Waals surface area contributed by atoms with Gasteiger partial charge in [-0.25, -0.2) is 0 Å². The van der Waals surface area contributed by atoms with Crippen LogP contribution in [-0.2, 0) is 4.79 Å². The number of hydrogen-bond donors (Lipinski definition) is 1. The maximum Gasteiger partial charge on any atom is 0.231 e. The van der Waals surface area contributed by atoms with Gasteiger partial charge in [0.2, 0.25) is 12.7 Å². The van der Waals surface area contributed by atoms with Gasteiger partial charge in [-0.15, -0.1) is 0 Å². The van der Waals surface area contributed by atoms with Crippen molar-refractivity contribution in [2.75, 3.05) is 12.1 Å². The summed E-state index contributed by atoms with van der Waals surface area (Å²) in [6.45, 7) is 0.209. The van der Waals surface area contributed by atoms with Gasteiger partial charge in [0.1, 0.15) is 5.76 Å². The molecular formula is C18H16N2O4. The van der Waals surface area contributed by atoms with Crippen LogP contribution in [-0.4, -0.2) is 17.3 Å². The summed E-state index contributed by atoms with van der Waals surface area (Å²) in [5.41, 5.74) is 0.676. The molecule has 0 radical (unpaired) electrons. The van der Waals surface area contributed by atoms with E-state index in [2.05, 4.69) is 5.32 Å². The second-order valence-electron chi connectivity index (χ2n) is 5.48. The molecule has 1 aromatic carbocycles. The zero-order chi connectivity index (χ0) is 16.4. The van der Waals surface area contributed by atoms with E-state index in [1.807, 2.05) is 41.2 Å². The summed E-state index contributed by atoms with van der Waals surface area (Å²) in [4.78, 5) is 12.5. The number of ether oxygens (including phenoxy) is 2. The fraction of sp³-hybridized carbons (Fsp3) is 0.167. The van der Waals surface area contributed by atoms with Crippen molar-refractivity contribution >= 4 is 11.6 Å². The molecule has 0 bridgehead atoms. The van der Waals surface area contributed by atoms with Crippen molar-refractivity contribution in [1.82, 2.24) is 4.57 Å². The van der Waals surface area contributed by atoms with Gasteiger partial charge in [-0.1, -0.05) is 0 Å². The van der Waals surface area contributed by atoms with Crippen molar-refractivity contribution in [3.8, 4) is 11.5 Å². The molecule has 0 saturated carbocycles. The number of fused-ring (bicyclic) bond motifs is 1. The Labute approximate surface area is 138 Å². The maximum absolute atomic E-state index is 12.5. The first kappa shape index (κ1) is 14.4. The molecule has 1 atom stereocenters. The minimum atomic E-state index is -0.191. The first-order chi connectivity index (χ1) is 11.8. The highest BCUT2D eigenvalue weighted by Crippen LogP contribution is 2.34. The van der Waals surface area contributed by atoms with Gasteiger partial charge in [0.15, 0.2) is 11.5 Å². The van der Waals surface area contributed by atoms with Crippen LogP contribution < -0.4 is 14.8 Å². The summed E-state index contributed by atoms with van der Waals surface area (Å²) < 4.78 is 18.0. The number of nitrogens with zero attached hydrogens (tertiary/aromatic N) is 1. The van der Waals surface area contributed by atoms with E-state index in [1.165, 1.54) is 0 Å². The van der Waals surface area contributed by atoms with E-state index in [9.17, 15) is 4.79 Å². The van der Waals surface area contributed by atoms with Gasteiger partial charge >= 0.3 is 0 Å². The third-order valence-electron chi connectivity index (χ3n) is 3.89. The van der Waals surface area contributed by atoms with Crippen LogP contribution in [0, 0.1) is 0 Å². The molecule has 4 rings (SSSR count). The van der Waals surface area contributed by atoms with Gasteiger partial charge in [0, 0.05) is 24.1 Å². The van der Waals surface area contributed by atoms with Crippen LogP contribution in [0.5, 0.6) is 11.5 Å². The van der Waals surface area contributed by atoms with Crippen molar-refractivity contribution in [3.05, 3.63) is 66.9 Å². The van der Waals surface area contributed by atoms with Crippen LogP contribution in [0.4, 0.5) is 5.69 Å². The quantitative estimate of drug-likeness (QED) is 0.781. The number of rotatable bonds is 5. The van der Waals surface area contributed by atoms with Crippen molar-refractivity contribution < 1.29 is 18.7 Å². The van der Waals surface area contributed by atoms with Crippen LogP contribution in [0.2, 0.25) is 0 Å². The number of nitrogens with one attached hydrogen (secondary N) is 1. The van der Waals surface area contributed by atoms with E-state index in [4.69, 9.17) is 13.9 Å². The standard InChI is InChI=1S/C18H16N2O4/c21-18(19-13-5-6-16-17(10-13)24-12-23-16)11-14(15-4-3-9-22-15)20-7-1-2-8-20/h1-10,14H,11-12H2,(H,19,21)/t14-/m0/s1. The number of carbonyl (C=O) groups excluding carboxylic acids is 1. The molecule has 1 amide bonds. The van der Waals surface area contributed by atoms with Crippen molar-refractivity contribution in [2.24, 2.45) is 0 Å². The van der Waals surface area contributed by atoms with E-state index in [0.29, 0.717) is 17.2 Å². The third kappa shape index (κ3) is 2.86. The van der Waals surface area contributed by atoms with E-state index in [1.54, 1.807) is 24.5 Å². The molecule has 2 aromatic heterocycles. The van der Waals surface area contributed by atoms with Crippen molar-refractivity contribution in [3.63, 3.8) is 0 Å². The zero-order valence-corrected chi connectivity index (χ0v) is 12.8. The Morgan fingerprint density at radius 2 is 1.96 bits per heavy atom. The zero-order valence-electron chi connectivity index (χ0n) is 12.8. The molecule has 0 aliphatic carbocycles. The molecular weight excluding hydrogens is 308 g/mol. The van der Waals surface area contributed by atoms with Gasteiger partial charge in [0.25, 0.3) is 0 Å². The number of furan rings is 1. The third-order valence-corrected chi connectivity index (χ3v) is 3.89. The lowest BCUT2D eigenvalue weighted by molar-refractivity contribution is -0.116. The predicted octanol–water partition coefficient (Wildman–Crippen LogP) is 3.43. The maximum atomic E-state index is 12.5. The van der Waals surface area contributed by atoms with Crippen LogP contribution in [0.1, 0.15) is 18.2 Å². The molecule has 0 fully saturated rings. The van der Waals surface area contributed by atoms with Gasteiger partial charge < -0.3 is 23.8 Å². The molecule has 24 heavy (non-hydrogen) atoms. The largest absolute Gasteiger partial charge is 0.467 e. The summed E-state index contributed by atoms with van der Waals surface area (Å²) in [5.74, 6) is 1.96. The predicted molar refractivity (Wildman–Crippen MR) is 87.1 cm³/mol. The molecule has 3 aromatic rings. The molecule has 1 N–H and O–H groups in total. The average molecular weight is 324 g/mol. The summed E-state index contributed by atoms with van der Waals surface area (Å²) in [6.07, 6.45) is 5.71. The highest BCUT2D eigenvalue weighted by Gasteiger charge is 2.20. The van der Waals surface area contributed by atoms with Gasteiger partial charge in [-0.2, -0.15) is 0 Å². The van der Waals surface area contributed by atoms with Crippen LogP contribution in [0.3, 0.4) is 0 Å². The minimum absolute atomic E-state index is 0.107. The van der Waals surface area contributed by atoms with Crippen molar-refractivity contribution in [1.29, 1.82) is 0 Å². The highest BCUT2D eigenvalue weighted by atomic mass is 16.7. The second-order valence-corrected chi connectivity index (χ2v) is 5.48. The SMILES string of the molecule is O=C(C[C@@H](c1ccco1)n1cccc1)Nc1ccc2c(c1)OCO2. The highest BCUT2D eigenvalue weighted by molar-refractivity contribution is 5.91. The molecule has 0 saturated heterocycles. The first-order valence-electron chi connectivity index (χ1n) is 7.65. The Bertz CT molecular complexity index is 791. The van der Waals surface area contributed by atoms with Crippen LogP contribution in [0.15, 0.2) is 65.5 Å². The first-order valence-corrected chi connectivity index (χ1v) is 7.65. The molecule has 122 valence electrons. The molecule has 0 unspecified atom stereocenters. The average Bonchev–Trinajstić information content (AvgIpc) is 3.33. The number of amides is 1. The minimum Gasteiger partial charge on any atom is -0.467 e. The van der Waals surface area contributed by atoms with Crippen molar-refractivity contribution in [2.45, 2.75) is 12.5 Å². The van der Waals surface area contributed by atoms with Gasteiger partial charge in [0.05, 0.1) is 18.7 Å². The van der Waals surface area contributed by atoms with Gasteiger partial charge in [-0.3, -0.25) is 4.79 Å². The Balaban J connectivity index is 1.49. The fourth-order valence-corrected chi connectivity index (χ4v) is 2.75. The monoisotopic (exact) mass is 324 g/mol. The molecule has 3 heterocycles. The van der Waals surface area contributed by atoms with Gasteiger partial charge in [-0.05, 0) is 36.4 Å². The smallest absolute Gasteiger partial charge is 0.231 e. The Hall–Kier alpha value is -3.15. The molecule has 6 nitrogen and oxygen atoms in total. The fourth-order valence-electron chi connectivity index (χ4n) is 2.75. The number of carbonyl (C=O) groups is 1. The Kier molecular flexibility index (Phi) is 3.70. The lowest BCUT2D eigenvalue weighted by Gasteiger charge is -2.16. The number of benzene rings is 1. The second kappa shape index (κ2) is 6.16. The lowest BCUT2D eigenvalue weighted by atomic mass is 10.1. The number of aromatic nitrogens is 1. The molecule has 1 aliphatic heterocycles. The summed E-state index contributed by atoms with van der Waals surface area (Å²) in [5, 5.41) is 2.90. The number of hydrogen-bond acceptors (Lipinski definition) is 4. The summed E-state index contributed by atoms with van der Waals surface area (Å²) >= 11 is 0. The molecule has 0 spiro atoms. The van der Waals surface area contributed by atoms with E-state index in [-0.39, 0.29) is 25.2 Å². The topological polar surface area (TPSA) is 65.6 Å². The lowest BCUT2D eigenvalue weighted by Crippen LogP contribution is -2.19. The summed E-state index contributed by atoms with van der Waals surface area (Å²) in [7, 11) is 0. The number of anilines is 1. The molecule has 6 heteroatoms. The van der Waals surface area contributed by atoms with Crippen LogP contribution >= 0.6 is 0 Å². The van der Waals surface area contributed by atoms with E-state index in [0.717, 1.165) is 5.76 Å². The van der Waals surface area contributed by atoms with E-state index >= 15 is 0 Å². The van der Waals surface area contributed by atoms with E-state index < -0.39 is 0 Å². The Morgan fingerprint density at radius 1 is 1.12 bits per heavy atom. The van der Waals surface area contributed by atoms with Crippen LogP contribution in [0.25, 0.3) is 0 Å². The molecule has 1 aliphatic rings. The normalized spacial score (nSPS) is 13.7.